The van der Waals surface area contributed by atoms with E-state index in [0.29, 0.717) is 18.4 Å². The molecule has 1 aliphatic rings. The summed E-state index contributed by atoms with van der Waals surface area (Å²) < 4.78 is 16.3. The van der Waals surface area contributed by atoms with Gasteiger partial charge in [0.15, 0.2) is 0 Å². The summed E-state index contributed by atoms with van der Waals surface area (Å²) in [5.74, 6) is 2.05. The lowest BCUT2D eigenvalue weighted by Crippen LogP contribution is -2.33. The maximum Gasteiger partial charge on any atom is 0.229 e. The molecule has 0 spiro atoms. The molecule has 0 saturated carbocycles. The molecule has 21 heavy (non-hydrogen) atoms. The smallest absolute Gasteiger partial charge is 0.229 e. The van der Waals surface area contributed by atoms with Crippen LogP contribution in [0.5, 0.6) is 5.88 Å². The first-order valence-corrected chi connectivity index (χ1v) is 7.11. The van der Waals surface area contributed by atoms with Crippen LogP contribution in [-0.4, -0.2) is 36.3 Å². The van der Waals surface area contributed by atoms with Crippen LogP contribution < -0.4 is 9.64 Å². The minimum Gasteiger partial charge on any atom is -0.481 e. The summed E-state index contributed by atoms with van der Waals surface area (Å²) in [7, 11) is 1.60. The third-order valence-corrected chi connectivity index (χ3v) is 3.48. The van der Waals surface area contributed by atoms with Crippen LogP contribution >= 0.6 is 0 Å². The highest BCUT2D eigenvalue weighted by Gasteiger charge is 2.22. The molecule has 1 saturated heterocycles. The second kappa shape index (κ2) is 6.58. The van der Waals surface area contributed by atoms with Crippen molar-refractivity contribution in [3.05, 3.63) is 36.4 Å². The van der Waals surface area contributed by atoms with Crippen molar-refractivity contribution in [3.8, 4) is 5.88 Å². The predicted molar refractivity (Wildman–Crippen MR) is 77.3 cm³/mol. The number of furan rings is 1. The van der Waals surface area contributed by atoms with Gasteiger partial charge < -0.3 is 18.8 Å². The Morgan fingerprint density at radius 2 is 2.38 bits per heavy atom. The van der Waals surface area contributed by atoms with E-state index in [9.17, 15) is 0 Å². The molecule has 0 aliphatic carbocycles. The minimum absolute atomic E-state index is 0.217. The van der Waals surface area contributed by atoms with Crippen molar-refractivity contribution in [3.63, 3.8) is 0 Å². The zero-order valence-electron chi connectivity index (χ0n) is 12.1. The standard InChI is InChI=1S/C15H19N3O3/c1-19-14-6-7-16-15(17-14)18(10-12-4-2-8-20-12)11-13-5-3-9-21-13/h2,4,6-8,13H,3,5,9-11H2,1H3/t13-/m0/s1. The number of anilines is 1. The minimum atomic E-state index is 0.217. The molecule has 1 aliphatic heterocycles. The molecule has 0 radical (unpaired) electrons. The quantitative estimate of drug-likeness (QED) is 0.813. The molecule has 2 aromatic heterocycles. The first-order valence-electron chi connectivity index (χ1n) is 7.11. The van der Waals surface area contributed by atoms with Gasteiger partial charge >= 0.3 is 0 Å². The molecule has 6 heteroatoms. The number of aromatic nitrogens is 2. The lowest BCUT2D eigenvalue weighted by atomic mass is 10.2. The van der Waals surface area contributed by atoms with Gasteiger partial charge in [-0.05, 0) is 25.0 Å². The summed E-state index contributed by atoms with van der Waals surface area (Å²) >= 11 is 0. The van der Waals surface area contributed by atoms with Gasteiger partial charge in [0.1, 0.15) is 5.76 Å². The Labute approximate surface area is 123 Å². The van der Waals surface area contributed by atoms with Crippen LogP contribution in [0.1, 0.15) is 18.6 Å². The summed E-state index contributed by atoms with van der Waals surface area (Å²) in [6.45, 7) is 2.19. The van der Waals surface area contributed by atoms with Gasteiger partial charge in [0, 0.05) is 25.4 Å². The Kier molecular flexibility index (Phi) is 4.35. The second-order valence-corrected chi connectivity index (χ2v) is 4.99. The highest BCUT2D eigenvalue weighted by molar-refractivity contribution is 5.33. The monoisotopic (exact) mass is 289 g/mol. The van der Waals surface area contributed by atoms with Crippen LogP contribution in [0.25, 0.3) is 0 Å². The molecular weight excluding hydrogens is 270 g/mol. The number of nitrogens with zero attached hydrogens (tertiary/aromatic N) is 3. The summed E-state index contributed by atoms with van der Waals surface area (Å²) in [4.78, 5) is 10.8. The maximum absolute atomic E-state index is 5.72. The molecular formula is C15H19N3O3. The first-order chi connectivity index (χ1) is 10.3. The molecule has 0 unspecified atom stereocenters. The Balaban J connectivity index is 1.79. The molecule has 0 aromatic carbocycles. The molecule has 0 amide bonds. The van der Waals surface area contributed by atoms with Crippen molar-refractivity contribution < 1.29 is 13.9 Å². The summed E-state index contributed by atoms with van der Waals surface area (Å²) in [6, 6.07) is 5.56. The highest BCUT2D eigenvalue weighted by atomic mass is 16.5. The van der Waals surface area contributed by atoms with Gasteiger partial charge in [0.25, 0.3) is 0 Å². The number of rotatable bonds is 6. The van der Waals surface area contributed by atoms with E-state index in [-0.39, 0.29) is 6.10 Å². The molecule has 0 bridgehead atoms. The first kappa shape index (κ1) is 13.9. The molecule has 1 atom stereocenters. The van der Waals surface area contributed by atoms with E-state index in [0.717, 1.165) is 31.8 Å². The molecule has 3 rings (SSSR count). The Hall–Kier alpha value is -2.08. The zero-order chi connectivity index (χ0) is 14.5. The van der Waals surface area contributed by atoms with E-state index < -0.39 is 0 Å². The summed E-state index contributed by atoms with van der Waals surface area (Å²) in [5.41, 5.74) is 0. The third-order valence-electron chi connectivity index (χ3n) is 3.48. The van der Waals surface area contributed by atoms with E-state index >= 15 is 0 Å². The van der Waals surface area contributed by atoms with Crippen LogP contribution in [0.4, 0.5) is 5.95 Å². The SMILES string of the molecule is COc1ccnc(N(Cc2ccco2)C[C@@H]2CCCO2)n1. The molecule has 0 N–H and O–H groups in total. The van der Waals surface area contributed by atoms with E-state index in [1.165, 1.54) is 0 Å². The van der Waals surface area contributed by atoms with Crippen molar-refractivity contribution in [2.24, 2.45) is 0 Å². The van der Waals surface area contributed by atoms with Gasteiger partial charge in [-0.3, -0.25) is 0 Å². The second-order valence-electron chi connectivity index (χ2n) is 4.99. The number of ether oxygens (including phenoxy) is 2. The van der Waals surface area contributed by atoms with Crippen LogP contribution in [0.3, 0.4) is 0 Å². The fraction of sp³-hybridized carbons (Fsp3) is 0.467. The largest absolute Gasteiger partial charge is 0.481 e. The predicted octanol–water partition coefficient (Wildman–Crippen LogP) is 2.26. The Bertz CT molecular complexity index is 553. The van der Waals surface area contributed by atoms with E-state index in [1.807, 2.05) is 12.1 Å². The lowest BCUT2D eigenvalue weighted by molar-refractivity contribution is 0.114. The van der Waals surface area contributed by atoms with Gasteiger partial charge in [-0.2, -0.15) is 4.98 Å². The van der Waals surface area contributed by atoms with Gasteiger partial charge in [-0.15, -0.1) is 0 Å². The van der Waals surface area contributed by atoms with Gasteiger partial charge in [-0.25, -0.2) is 4.98 Å². The van der Waals surface area contributed by atoms with Crippen molar-refractivity contribution in [2.75, 3.05) is 25.2 Å². The highest BCUT2D eigenvalue weighted by Crippen LogP contribution is 2.20. The maximum atomic E-state index is 5.72. The van der Waals surface area contributed by atoms with Crippen LogP contribution in [0.15, 0.2) is 35.1 Å². The average Bonchev–Trinajstić information content (AvgIpc) is 3.20. The van der Waals surface area contributed by atoms with Crippen molar-refractivity contribution in [1.29, 1.82) is 0 Å². The zero-order valence-corrected chi connectivity index (χ0v) is 12.1. The van der Waals surface area contributed by atoms with Gasteiger partial charge in [0.05, 0.1) is 26.0 Å². The average molecular weight is 289 g/mol. The Morgan fingerprint density at radius 1 is 1.43 bits per heavy atom. The molecule has 3 heterocycles. The van der Waals surface area contributed by atoms with Crippen LogP contribution in [0, 0.1) is 0 Å². The van der Waals surface area contributed by atoms with Gasteiger partial charge in [-0.1, -0.05) is 0 Å². The van der Waals surface area contributed by atoms with Crippen LogP contribution in [-0.2, 0) is 11.3 Å². The normalized spacial score (nSPS) is 17.9. The number of hydrogen-bond donors (Lipinski definition) is 0. The van der Waals surface area contributed by atoms with Crippen molar-refractivity contribution in [2.45, 2.75) is 25.5 Å². The molecule has 1 fully saturated rings. The van der Waals surface area contributed by atoms with E-state index in [2.05, 4.69) is 14.9 Å². The fourth-order valence-corrected chi connectivity index (χ4v) is 2.44. The van der Waals surface area contributed by atoms with E-state index in [1.54, 1.807) is 25.6 Å². The van der Waals surface area contributed by atoms with Crippen molar-refractivity contribution in [1.82, 2.24) is 9.97 Å². The molecule has 2 aromatic rings. The number of methoxy groups -OCH3 is 1. The summed E-state index contributed by atoms with van der Waals surface area (Å²) in [6.07, 6.45) is 5.77. The Morgan fingerprint density at radius 3 is 3.10 bits per heavy atom. The lowest BCUT2D eigenvalue weighted by Gasteiger charge is -2.24. The van der Waals surface area contributed by atoms with Crippen LogP contribution in [0.2, 0.25) is 0 Å². The molecule has 6 nitrogen and oxygen atoms in total. The molecule has 112 valence electrons. The number of hydrogen-bond acceptors (Lipinski definition) is 6. The third kappa shape index (κ3) is 3.52. The topological polar surface area (TPSA) is 60.6 Å². The fourth-order valence-electron chi connectivity index (χ4n) is 2.44. The van der Waals surface area contributed by atoms with Gasteiger partial charge in [0.2, 0.25) is 11.8 Å². The summed E-state index contributed by atoms with van der Waals surface area (Å²) in [5, 5.41) is 0. The van der Waals surface area contributed by atoms with E-state index in [4.69, 9.17) is 13.9 Å². The van der Waals surface area contributed by atoms with Crippen molar-refractivity contribution >= 4 is 5.95 Å².